The molecule has 0 N–H and O–H groups in total. The van der Waals surface area contributed by atoms with Crippen molar-refractivity contribution in [2.45, 2.75) is 32.4 Å². The molecule has 0 saturated carbocycles. The van der Waals surface area contributed by atoms with Crippen LogP contribution in [0.5, 0.6) is 0 Å². The number of morpholine rings is 1. The number of hydrogen-bond acceptors (Lipinski definition) is 3. The van der Waals surface area contributed by atoms with E-state index in [-0.39, 0.29) is 11.6 Å². The van der Waals surface area contributed by atoms with Crippen molar-refractivity contribution >= 4 is 15.9 Å². The summed E-state index contributed by atoms with van der Waals surface area (Å²) in [5.74, 6) is 0. The summed E-state index contributed by atoms with van der Waals surface area (Å²) in [5, 5.41) is 0. The van der Waals surface area contributed by atoms with Crippen LogP contribution < -0.4 is 0 Å². The highest BCUT2D eigenvalue weighted by Gasteiger charge is 2.29. The number of nitrogens with zero attached hydrogens (tertiary/aromatic N) is 2. The summed E-state index contributed by atoms with van der Waals surface area (Å²) in [4.78, 5) is 6.87. The summed E-state index contributed by atoms with van der Waals surface area (Å²) in [5.41, 5.74) is 1.21. The lowest BCUT2D eigenvalue weighted by molar-refractivity contribution is -0.0613. The molecule has 0 bridgehead atoms. The normalized spacial score (nSPS) is 22.7. The highest BCUT2D eigenvalue weighted by atomic mass is 79.9. The Kier molecular flexibility index (Phi) is 3.85. The van der Waals surface area contributed by atoms with E-state index < -0.39 is 0 Å². The van der Waals surface area contributed by atoms with Gasteiger partial charge in [0.1, 0.15) is 6.10 Å². The van der Waals surface area contributed by atoms with Crippen LogP contribution >= 0.6 is 15.9 Å². The molecule has 4 heteroatoms. The first-order chi connectivity index (χ1) is 7.97. The summed E-state index contributed by atoms with van der Waals surface area (Å²) in [7, 11) is 0. The first-order valence-electron chi connectivity index (χ1n) is 5.95. The van der Waals surface area contributed by atoms with E-state index in [4.69, 9.17) is 4.74 Å². The van der Waals surface area contributed by atoms with Crippen molar-refractivity contribution < 1.29 is 4.74 Å². The molecule has 1 fully saturated rings. The van der Waals surface area contributed by atoms with Gasteiger partial charge in [0.25, 0.3) is 0 Å². The third-order valence-electron chi connectivity index (χ3n) is 3.10. The number of ether oxygens (including phenoxy) is 1. The van der Waals surface area contributed by atoms with Gasteiger partial charge in [0.2, 0.25) is 0 Å². The molecule has 1 aromatic rings. The Morgan fingerprint density at radius 3 is 2.76 bits per heavy atom. The van der Waals surface area contributed by atoms with Crippen molar-refractivity contribution in [2.24, 2.45) is 0 Å². The van der Waals surface area contributed by atoms with Crippen LogP contribution in [0.4, 0.5) is 0 Å². The molecule has 1 unspecified atom stereocenters. The second kappa shape index (κ2) is 5.04. The van der Waals surface area contributed by atoms with Crippen LogP contribution in [0, 0.1) is 0 Å². The average molecular weight is 299 g/mol. The van der Waals surface area contributed by atoms with Gasteiger partial charge in [0, 0.05) is 29.3 Å². The standard InChI is InChI=1S/C13H19BrN2O/c1-13(2,3)16-6-7-17-12(9-16)11-5-4-10(14)8-15-11/h4-5,8,12H,6-7,9H2,1-3H3. The van der Waals surface area contributed by atoms with Gasteiger partial charge in [0.15, 0.2) is 0 Å². The number of aromatic nitrogens is 1. The van der Waals surface area contributed by atoms with Crippen molar-refractivity contribution in [1.82, 2.24) is 9.88 Å². The third-order valence-corrected chi connectivity index (χ3v) is 3.56. The van der Waals surface area contributed by atoms with Crippen LogP contribution in [0.1, 0.15) is 32.6 Å². The van der Waals surface area contributed by atoms with Crippen LogP contribution in [0.25, 0.3) is 0 Å². The molecule has 0 aliphatic carbocycles. The predicted octanol–water partition coefficient (Wildman–Crippen LogP) is 3.02. The van der Waals surface area contributed by atoms with Gasteiger partial charge in [-0.25, -0.2) is 0 Å². The number of halogens is 1. The minimum Gasteiger partial charge on any atom is -0.369 e. The van der Waals surface area contributed by atoms with Gasteiger partial charge < -0.3 is 4.74 Å². The fraction of sp³-hybridized carbons (Fsp3) is 0.615. The van der Waals surface area contributed by atoms with E-state index in [1.54, 1.807) is 0 Å². The Labute approximate surface area is 111 Å². The average Bonchev–Trinajstić information content (AvgIpc) is 2.29. The largest absolute Gasteiger partial charge is 0.369 e. The van der Waals surface area contributed by atoms with Gasteiger partial charge in [0.05, 0.1) is 12.3 Å². The van der Waals surface area contributed by atoms with E-state index in [0.29, 0.717) is 0 Å². The molecule has 2 heterocycles. The Balaban J connectivity index is 2.09. The summed E-state index contributed by atoms with van der Waals surface area (Å²) in [6.07, 6.45) is 1.92. The van der Waals surface area contributed by atoms with Gasteiger partial charge in [-0.1, -0.05) is 0 Å². The third kappa shape index (κ3) is 3.27. The van der Waals surface area contributed by atoms with E-state index in [2.05, 4.69) is 46.6 Å². The van der Waals surface area contributed by atoms with Crippen molar-refractivity contribution in [2.75, 3.05) is 19.7 Å². The maximum atomic E-state index is 5.81. The van der Waals surface area contributed by atoms with Crippen LogP contribution in [-0.2, 0) is 4.74 Å². The zero-order chi connectivity index (χ0) is 12.5. The van der Waals surface area contributed by atoms with Gasteiger partial charge in [-0.2, -0.15) is 0 Å². The molecule has 0 aromatic carbocycles. The molecule has 17 heavy (non-hydrogen) atoms. The first-order valence-corrected chi connectivity index (χ1v) is 6.74. The van der Waals surface area contributed by atoms with E-state index >= 15 is 0 Å². The maximum absolute atomic E-state index is 5.81. The second-order valence-electron chi connectivity index (χ2n) is 5.38. The predicted molar refractivity (Wildman–Crippen MR) is 72.0 cm³/mol. The zero-order valence-electron chi connectivity index (χ0n) is 10.6. The fourth-order valence-corrected chi connectivity index (χ4v) is 2.25. The van der Waals surface area contributed by atoms with E-state index in [0.717, 1.165) is 29.9 Å². The van der Waals surface area contributed by atoms with Gasteiger partial charge >= 0.3 is 0 Å². The molecule has 94 valence electrons. The molecule has 1 atom stereocenters. The van der Waals surface area contributed by atoms with Crippen molar-refractivity contribution in [3.05, 3.63) is 28.5 Å². The Morgan fingerprint density at radius 2 is 2.18 bits per heavy atom. The second-order valence-corrected chi connectivity index (χ2v) is 6.29. The number of rotatable bonds is 1. The van der Waals surface area contributed by atoms with Crippen LogP contribution in [0.15, 0.2) is 22.8 Å². The van der Waals surface area contributed by atoms with Gasteiger partial charge in [-0.15, -0.1) is 0 Å². The van der Waals surface area contributed by atoms with Crippen LogP contribution in [0.2, 0.25) is 0 Å². The molecule has 0 amide bonds. The van der Waals surface area contributed by atoms with Gasteiger partial charge in [-0.05, 0) is 48.8 Å². The van der Waals surface area contributed by atoms with Crippen molar-refractivity contribution in [3.63, 3.8) is 0 Å². The van der Waals surface area contributed by atoms with Crippen molar-refractivity contribution in [3.8, 4) is 0 Å². The minimum atomic E-state index is 0.0936. The SMILES string of the molecule is CC(C)(C)N1CCOC(c2ccc(Br)cn2)C1. The van der Waals surface area contributed by atoms with Crippen LogP contribution in [-0.4, -0.2) is 35.1 Å². The summed E-state index contributed by atoms with van der Waals surface area (Å²) in [6, 6.07) is 4.04. The summed E-state index contributed by atoms with van der Waals surface area (Å²) < 4.78 is 6.81. The Hall–Kier alpha value is -0.450. The Bertz CT molecular complexity index is 372. The molecule has 2 rings (SSSR count). The molecule has 0 spiro atoms. The lowest BCUT2D eigenvalue weighted by Crippen LogP contribution is -2.49. The minimum absolute atomic E-state index is 0.0936. The quantitative estimate of drug-likeness (QED) is 0.797. The highest BCUT2D eigenvalue weighted by molar-refractivity contribution is 9.10. The molecule has 0 radical (unpaired) electrons. The molecular weight excluding hydrogens is 280 g/mol. The monoisotopic (exact) mass is 298 g/mol. The fourth-order valence-electron chi connectivity index (χ4n) is 2.02. The smallest absolute Gasteiger partial charge is 0.112 e. The van der Waals surface area contributed by atoms with E-state index in [1.807, 2.05) is 18.3 Å². The van der Waals surface area contributed by atoms with Gasteiger partial charge in [-0.3, -0.25) is 9.88 Å². The maximum Gasteiger partial charge on any atom is 0.112 e. The number of hydrogen-bond donors (Lipinski definition) is 0. The molecular formula is C13H19BrN2O. The lowest BCUT2D eigenvalue weighted by atomic mass is 10.0. The first kappa shape index (κ1) is 13.0. The molecule has 1 aliphatic heterocycles. The summed E-state index contributed by atoms with van der Waals surface area (Å²) in [6.45, 7) is 9.41. The van der Waals surface area contributed by atoms with Crippen molar-refractivity contribution in [1.29, 1.82) is 0 Å². The topological polar surface area (TPSA) is 25.4 Å². The molecule has 1 aliphatic rings. The van der Waals surface area contributed by atoms with E-state index in [1.165, 1.54) is 0 Å². The Morgan fingerprint density at radius 1 is 1.41 bits per heavy atom. The summed E-state index contributed by atoms with van der Waals surface area (Å²) >= 11 is 3.40. The van der Waals surface area contributed by atoms with Crippen LogP contribution in [0.3, 0.4) is 0 Å². The number of pyridine rings is 1. The molecule has 3 nitrogen and oxygen atoms in total. The molecule has 1 saturated heterocycles. The zero-order valence-corrected chi connectivity index (χ0v) is 12.2. The highest BCUT2D eigenvalue weighted by Crippen LogP contribution is 2.25. The molecule has 1 aromatic heterocycles. The lowest BCUT2D eigenvalue weighted by Gasteiger charge is -2.41. The van der Waals surface area contributed by atoms with E-state index in [9.17, 15) is 0 Å².